The fraction of sp³-hybridized carbons (Fsp3) is 0.118. The van der Waals surface area contributed by atoms with Crippen LogP contribution in [0.25, 0.3) is 22.6 Å². The predicted molar refractivity (Wildman–Crippen MR) is 153 cm³/mol. The quantitative estimate of drug-likeness (QED) is 0.185. The van der Waals surface area contributed by atoms with Gasteiger partial charge in [0.15, 0.2) is 11.6 Å². The molecule has 0 aliphatic rings. The van der Waals surface area contributed by atoms with Crippen LogP contribution in [0.3, 0.4) is 0 Å². The van der Waals surface area contributed by atoms with Crippen molar-refractivity contribution in [1.82, 2.24) is 0 Å². The lowest BCUT2D eigenvalue weighted by molar-refractivity contribution is -0.114. The Kier molecular flexibility index (Phi) is 8.34. The summed E-state index contributed by atoms with van der Waals surface area (Å²) >= 11 is 0. The minimum Gasteiger partial charge on any atom is -0.507 e. The lowest BCUT2D eigenvalue weighted by atomic mass is 9.91. The summed E-state index contributed by atoms with van der Waals surface area (Å²) in [4.78, 5) is 25.7. The molecule has 0 saturated carbocycles. The maximum atomic E-state index is 12.9. The van der Waals surface area contributed by atoms with Crippen LogP contribution in [0.5, 0.6) is 0 Å². The van der Waals surface area contributed by atoms with Crippen LogP contribution >= 0.6 is 0 Å². The Labute approximate surface area is 223 Å². The Morgan fingerprint density at radius 3 is 1.26 bits per heavy atom. The lowest BCUT2D eigenvalue weighted by Crippen LogP contribution is -2.05. The summed E-state index contributed by atoms with van der Waals surface area (Å²) in [6, 6.07) is 29.8. The Hall–Kier alpha value is -4.70. The molecule has 4 nitrogen and oxygen atoms in total. The van der Waals surface area contributed by atoms with Crippen LogP contribution in [0, 0.1) is 13.8 Å². The molecule has 0 saturated heterocycles. The molecule has 0 amide bonds. The molecule has 4 rings (SSSR count). The molecule has 190 valence electrons. The van der Waals surface area contributed by atoms with Gasteiger partial charge in [0.25, 0.3) is 0 Å². The fourth-order valence-corrected chi connectivity index (χ4v) is 4.27. The monoisotopic (exact) mass is 502 g/mol. The summed E-state index contributed by atoms with van der Waals surface area (Å²) in [5.41, 5.74) is 6.59. The van der Waals surface area contributed by atoms with Gasteiger partial charge >= 0.3 is 0 Å². The molecule has 0 bridgehead atoms. The Balaban J connectivity index is 1.56. The third-order valence-corrected chi connectivity index (χ3v) is 6.34. The van der Waals surface area contributed by atoms with Gasteiger partial charge < -0.3 is 10.2 Å². The van der Waals surface area contributed by atoms with Gasteiger partial charge in [-0.25, -0.2) is 0 Å². The molecule has 2 N–H and O–H groups in total. The third kappa shape index (κ3) is 6.74. The zero-order valence-electron chi connectivity index (χ0n) is 21.5. The number of carbonyl (C=O) groups is 2. The van der Waals surface area contributed by atoms with Crippen LogP contribution in [0.2, 0.25) is 0 Å². The van der Waals surface area contributed by atoms with Gasteiger partial charge in [0, 0.05) is 36.1 Å². The molecule has 0 aromatic heterocycles. The van der Waals surface area contributed by atoms with Crippen molar-refractivity contribution in [2.24, 2.45) is 0 Å². The van der Waals surface area contributed by atoms with Crippen LogP contribution in [0.1, 0.15) is 33.4 Å². The first-order valence-electron chi connectivity index (χ1n) is 12.5. The van der Waals surface area contributed by atoms with Crippen molar-refractivity contribution < 1.29 is 19.8 Å². The highest BCUT2D eigenvalue weighted by molar-refractivity contribution is 5.99. The summed E-state index contributed by atoms with van der Waals surface area (Å²) in [6.45, 7) is 3.92. The Bertz CT molecular complexity index is 1390. The number of ketones is 2. The van der Waals surface area contributed by atoms with E-state index in [1.54, 1.807) is 24.3 Å². The van der Waals surface area contributed by atoms with Crippen molar-refractivity contribution in [1.29, 1.82) is 0 Å². The van der Waals surface area contributed by atoms with Gasteiger partial charge in [0.1, 0.15) is 11.5 Å². The van der Waals surface area contributed by atoms with Gasteiger partial charge in [-0.15, -0.1) is 0 Å². The highest BCUT2D eigenvalue weighted by Crippen LogP contribution is 2.29. The van der Waals surface area contributed by atoms with Crippen molar-refractivity contribution in [3.63, 3.8) is 0 Å². The first kappa shape index (κ1) is 26.4. The van der Waals surface area contributed by atoms with Crippen LogP contribution in [-0.2, 0) is 22.4 Å². The van der Waals surface area contributed by atoms with E-state index in [2.05, 4.69) is 0 Å². The van der Waals surface area contributed by atoms with E-state index in [-0.39, 0.29) is 35.9 Å². The van der Waals surface area contributed by atoms with E-state index in [0.29, 0.717) is 11.1 Å². The number of aliphatic hydroxyl groups excluding tert-OH is 2. The smallest absolute Gasteiger partial charge is 0.163 e. The average Bonchev–Trinajstić information content (AvgIpc) is 2.90. The number of benzene rings is 4. The second-order valence-corrected chi connectivity index (χ2v) is 9.39. The fourth-order valence-electron chi connectivity index (χ4n) is 4.27. The van der Waals surface area contributed by atoms with Crippen molar-refractivity contribution in [2.45, 2.75) is 26.7 Å². The van der Waals surface area contributed by atoms with E-state index >= 15 is 0 Å². The minimum atomic E-state index is -0.227. The van der Waals surface area contributed by atoms with Gasteiger partial charge in [0.2, 0.25) is 0 Å². The normalized spacial score (nSPS) is 11.8. The molecule has 4 aromatic rings. The van der Waals surface area contributed by atoms with Crippen LogP contribution in [-0.4, -0.2) is 21.8 Å². The number of carbonyl (C=O) groups excluding carboxylic acids is 2. The Morgan fingerprint density at radius 1 is 0.553 bits per heavy atom. The van der Waals surface area contributed by atoms with Crippen LogP contribution < -0.4 is 0 Å². The van der Waals surface area contributed by atoms with E-state index < -0.39 is 0 Å². The van der Waals surface area contributed by atoms with E-state index in [1.807, 2.05) is 86.6 Å². The molecule has 0 unspecified atom stereocenters. The molecule has 0 aliphatic carbocycles. The maximum Gasteiger partial charge on any atom is 0.163 e. The van der Waals surface area contributed by atoms with Crippen molar-refractivity contribution >= 4 is 23.1 Å². The molecule has 0 heterocycles. The van der Waals surface area contributed by atoms with Gasteiger partial charge in [-0.3, -0.25) is 9.59 Å². The van der Waals surface area contributed by atoms with Crippen molar-refractivity contribution in [3.05, 3.63) is 143 Å². The molecule has 0 fully saturated rings. The van der Waals surface area contributed by atoms with Crippen LogP contribution in [0.4, 0.5) is 0 Å². The summed E-state index contributed by atoms with van der Waals surface area (Å²) in [6.07, 6.45) is 2.72. The number of hydrogen-bond donors (Lipinski definition) is 2. The van der Waals surface area contributed by atoms with E-state index in [0.717, 1.165) is 33.4 Å². The van der Waals surface area contributed by atoms with E-state index in [9.17, 15) is 19.8 Å². The average molecular weight is 503 g/mol. The summed E-state index contributed by atoms with van der Waals surface area (Å²) in [7, 11) is 0. The second kappa shape index (κ2) is 12.0. The lowest BCUT2D eigenvalue weighted by Gasteiger charge is -2.13. The van der Waals surface area contributed by atoms with Gasteiger partial charge in [-0.1, -0.05) is 108 Å². The Morgan fingerprint density at radius 2 is 0.895 bits per heavy atom. The van der Waals surface area contributed by atoms with E-state index in [1.165, 1.54) is 12.2 Å². The van der Waals surface area contributed by atoms with Gasteiger partial charge in [-0.05, 0) is 36.1 Å². The molecule has 0 atom stereocenters. The predicted octanol–water partition coefficient (Wildman–Crippen LogP) is 7.39. The number of rotatable bonds is 9. The molecule has 4 heteroatoms. The maximum absolute atomic E-state index is 12.9. The van der Waals surface area contributed by atoms with Crippen LogP contribution in [0.15, 0.2) is 109 Å². The van der Waals surface area contributed by atoms with E-state index in [4.69, 9.17) is 0 Å². The molecule has 4 aromatic carbocycles. The minimum absolute atomic E-state index is 0.0707. The summed E-state index contributed by atoms with van der Waals surface area (Å²) < 4.78 is 0. The number of aliphatic hydroxyl groups is 2. The first-order valence-corrected chi connectivity index (χ1v) is 12.5. The van der Waals surface area contributed by atoms with Crippen molar-refractivity contribution in [2.75, 3.05) is 0 Å². The molecular formula is C34H30O4. The third-order valence-electron chi connectivity index (χ3n) is 6.34. The zero-order chi connectivity index (χ0) is 27.1. The molecular weight excluding hydrogens is 472 g/mol. The summed E-state index contributed by atoms with van der Waals surface area (Å²) in [5, 5.41) is 20.9. The zero-order valence-corrected chi connectivity index (χ0v) is 21.5. The summed E-state index contributed by atoms with van der Waals surface area (Å²) in [5.74, 6) is -0.595. The topological polar surface area (TPSA) is 74.6 Å². The standard InChI is InChI=1S/C34H30O4/c1-23-11-15-25(16-12-23)33(37)21-29(35)19-27-7-3-5-9-31(27)32-10-6-4-8-28(32)20-30(36)22-34(38)26-17-13-24(2)14-18-26/h3-18,21-22,37-38H,19-20H2,1-2H3. The molecule has 0 spiro atoms. The molecule has 38 heavy (non-hydrogen) atoms. The molecule has 0 aliphatic heterocycles. The molecule has 0 radical (unpaired) electrons. The second-order valence-electron chi connectivity index (χ2n) is 9.39. The largest absolute Gasteiger partial charge is 0.507 e. The highest BCUT2D eigenvalue weighted by atomic mass is 16.3. The number of hydrogen-bond acceptors (Lipinski definition) is 4. The van der Waals surface area contributed by atoms with Gasteiger partial charge in [-0.2, -0.15) is 0 Å². The number of allylic oxidation sites excluding steroid dienone is 2. The highest BCUT2D eigenvalue weighted by Gasteiger charge is 2.14. The van der Waals surface area contributed by atoms with Gasteiger partial charge in [0.05, 0.1) is 0 Å². The SMILES string of the molecule is Cc1ccc(C(O)=CC(=O)Cc2ccccc2-c2ccccc2CC(=O)C=C(O)c2ccc(C)cc2)cc1. The first-order chi connectivity index (χ1) is 18.3. The van der Waals surface area contributed by atoms with Crippen molar-refractivity contribution in [3.8, 4) is 11.1 Å². The number of aryl methyl sites for hydroxylation is 2.